The van der Waals surface area contributed by atoms with Crippen LogP contribution in [0.25, 0.3) is 5.69 Å². The molecular formula is C17H22N4O2. The molecule has 0 radical (unpaired) electrons. The molecule has 3 N–H and O–H groups in total. The van der Waals surface area contributed by atoms with Crippen molar-refractivity contribution < 1.29 is 9.90 Å². The summed E-state index contributed by atoms with van der Waals surface area (Å²) < 4.78 is 1.78. The molecule has 1 saturated carbocycles. The molecule has 23 heavy (non-hydrogen) atoms. The summed E-state index contributed by atoms with van der Waals surface area (Å²) in [7, 11) is 0. The maximum absolute atomic E-state index is 12.0. The van der Waals surface area contributed by atoms with Gasteiger partial charge in [0.1, 0.15) is 0 Å². The van der Waals surface area contributed by atoms with Gasteiger partial charge in [-0.1, -0.05) is 31.0 Å². The number of aliphatic hydroxyl groups excluding tert-OH is 1. The second kappa shape index (κ2) is 6.83. The quantitative estimate of drug-likeness (QED) is 0.789. The van der Waals surface area contributed by atoms with Crippen LogP contribution in [-0.4, -0.2) is 33.1 Å². The molecule has 1 aliphatic rings. The first-order valence-corrected chi connectivity index (χ1v) is 7.98. The molecule has 0 unspecified atom stereocenters. The molecule has 0 atom stereocenters. The number of urea groups is 1. The van der Waals surface area contributed by atoms with Crippen LogP contribution in [0.1, 0.15) is 31.4 Å². The Kier molecular flexibility index (Phi) is 4.62. The number of hydrogen-bond acceptors (Lipinski definition) is 3. The van der Waals surface area contributed by atoms with Crippen LogP contribution in [0.3, 0.4) is 0 Å². The van der Waals surface area contributed by atoms with Crippen LogP contribution in [0, 0.1) is 0 Å². The number of rotatable bonds is 5. The Morgan fingerprint density at radius 1 is 1.22 bits per heavy atom. The second-order valence-corrected chi connectivity index (χ2v) is 6.04. The molecule has 2 amide bonds. The van der Waals surface area contributed by atoms with Crippen molar-refractivity contribution in [1.82, 2.24) is 20.4 Å². The number of carbonyl (C=O) groups is 1. The van der Waals surface area contributed by atoms with Crippen molar-refractivity contribution in [2.45, 2.75) is 37.8 Å². The fourth-order valence-electron chi connectivity index (χ4n) is 3.01. The minimum Gasteiger partial charge on any atom is -0.394 e. The van der Waals surface area contributed by atoms with E-state index in [9.17, 15) is 9.90 Å². The highest BCUT2D eigenvalue weighted by atomic mass is 16.3. The number of aliphatic hydroxyl groups is 1. The van der Waals surface area contributed by atoms with E-state index in [-0.39, 0.29) is 12.6 Å². The molecule has 122 valence electrons. The van der Waals surface area contributed by atoms with Gasteiger partial charge in [-0.15, -0.1) is 0 Å². The van der Waals surface area contributed by atoms with Gasteiger partial charge < -0.3 is 15.7 Å². The van der Waals surface area contributed by atoms with Gasteiger partial charge in [-0.3, -0.25) is 0 Å². The molecule has 2 aromatic rings. The van der Waals surface area contributed by atoms with Crippen molar-refractivity contribution in [2.24, 2.45) is 0 Å². The second-order valence-electron chi connectivity index (χ2n) is 6.04. The van der Waals surface area contributed by atoms with Gasteiger partial charge in [0.15, 0.2) is 0 Å². The molecule has 1 aromatic carbocycles. The van der Waals surface area contributed by atoms with E-state index in [1.807, 2.05) is 42.6 Å². The summed E-state index contributed by atoms with van der Waals surface area (Å²) >= 11 is 0. The van der Waals surface area contributed by atoms with E-state index >= 15 is 0 Å². The van der Waals surface area contributed by atoms with E-state index in [2.05, 4.69) is 15.7 Å². The van der Waals surface area contributed by atoms with Crippen molar-refractivity contribution in [2.75, 3.05) is 6.61 Å². The SMILES string of the molecule is O=C(NCc1ccn(-c2ccccc2)n1)NC1(CO)CCCC1. The van der Waals surface area contributed by atoms with Crippen LogP contribution in [0.4, 0.5) is 4.79 Å². The number of benzene rings is 1. The third kappa shape index (κ3) is 3.71. The molecule has 6 heteroatoms. The van der Waals surface area contributed by atoms with Gasteiger partial charge >= 0.3 is 6.03 Å². The van der Waals surface area contributed by atoms with Crippen LogP contribution in [0.5, 0.6) is 0 Å². The Bertz CT molecular complexity index is 648. The molecule has 1 aromatic heterocycles. The first kappa shape index (κ1) is 15.6. The molecule has 3 rings (SSSR count). The standard InChI is InChI=1S/C17H22N4O2/c22-13-17(9-4-5-10-17)19-16(23)18-12-14-8-11-21(20-14)15-6-2-1-3-7-15/h1-3,6-8,11,22H,4-5,9-10,12-13H2,(H2,18,19,23). The topological polar surface area (TPSA) is 79.2 Å². The normalized spacial score (nSPS) is 16.2. The summed E-state index contributed by atoms with van der Waals surface area (Å²) in [6.07, 6.45) is 5.63. The van der Waals surface area contributed by atoms with Gasteiger partial charge in [-0.2, -0.15) is 5.10 Å². The van der Waals surface area contributed by atoms with E-state index < -0.39 is 5.54 Å². The number of hydrogen-bond donors (Lipinski definition) is 3. The van der Waals surface area contributed by atoms with Crippen molar-refractivity contribution in [1.29, 1.82) is 0 Å². The minimum atomic E-state index is -0.451. The summed E-state index contributed by atoms with van der Waals surface area (Å²) in [5.74, 6) is 0. The van der Waals surface area contributed by atoms with Crippen molar-refractivity contribution in [3.8, 4) is 5.69 Å². The molecule has 0 bridgehead atoms. The zero-order chi connectivity index (χ0) is 16.1. The van der Waals surface area contributed by atoms with Crippen LogP contribution < -0.4 is 10.6 Å². The predicted octanol–water partition coefficient (Wildman–Crippen LogP) is 1.98. The lowest BCUT2D eigenvalue weighted by Crippen LogP contribution is -2.52. The van der Waals surface area contributed by atoms with Crippen LogP contribution >= 0.6 is 0 Å². The van der Waals surface area contributed by atoms with Gasteiger partial charge in [-0.25, -0.2) is 9.48 Å². The van der Waals surface area contributed by atoms with Gasteiger partial charge in [0.05, 0.1) is 30.1 Å². The highest BCUT2D eigenvalue weighted by Gasteiger charge is 2.34. The summed E-state index contributed by atoms with van der Waals surface area (Å²) in [5.41, 5.74) is 1.31. The summed E-state index contributed by atoms with van der Waals surface area (Å²) in [5, 5.41) is 19.7. The average molecular weight is 314 g/mol. The van der Waals surface area contributed by atoms with Gasteiger partial charge in [0.25, 0.3) is 0 Å². The molecule has 6 nitrogen and oxygen atoms in total. The van der Waals surface area contributed by atoms with Crippen LogP contribution in [-0.2, 0) is 6.54 Å². The van der Waals surface area contributed by atoms with E-state index in [1.165, 1.54) is 0 Å². The lowest BCUT2D eigenvalue weighted by molar-refractivity contribution is 0.162. The van der Waals surface area contributed by atoms with Crippen LogP contribution in [0.2, 0.25) is 0 Å². The monoisotopic (exact) mass is 314 g/mol. The van der Waals surface area contributed by atoms with Crippen LogP contribution in [0.15, 0.2) is 42.6 Å². The summed E-state index contributed by atoms with van der Waals surface area (Å²) in [6, 6.07) is 11.4. The van der Waals surface area contributed by atoms with E-state index in [1.54, 1.807) is 4.68 Å². The van der Waals surface area contributed by atoms with E-state index in [0.29, 0.717) is 6.54 Å². The Morgan fingerprint density at radius 2 is 1.96 bits per heavy atom. The fourth-order valence-corrected chi connectivity index (χ4v) is 3.01. The minimum absolute atomic E-state index is 0.0109. The zero-order valence-electron chi connectivity index (χ0n) is 13.0. The number of carbonyl (C=O) groups excluding carboxylic acids is 1. The first-order valence-electron chi connectivity index (χ1n) is 7.98. The summed E-state index contributed by atoms with van der Waals surface area (Å²) in [4.78, 5) is 12.0. The number of aromatic nitrogens is 2. The molecular weight excluding hydrogens is 292 g/mol. The number of nitrogens with zero attached hydrogens (tertiary/aromatic N) is 2. The van der Waals surface area contributed by atoms with Gasteiger partial charge in [-0.05, 0) is 31.0 Å². The largest absolute Gasteiger partial charge is 0.394 e. The van der Waals surface area contributed by atoms with Gasteiger partial charge in [0.2, 0.25) is 0 Å². The molecule has 1 heterocycles. The molecule has 0 spiro atoms. The van der Waals surface area contributed by atoms with E-state index in [0.717, 1.165) is 37.1 Å². The van der Waals surface area contributed by atoms with Crippen molar-refractivity contribution in [3.05, 3.63) is 48.3 Å². The van der Waals surface area contributed by atoms with Crippen molar-refractivity contribution >= 4 is 6.03 Å². The smallest absolute Gasteiger partial charge is 0.315 e. The van der Waals surface area contributed by atoms with Gasteiger partial charge in [0, 0.05) is 6.20 Å². The Morgan fingerprint density at radius 3 is 2.65 bits per heavy atom. The highest BCUT2D eigenvalue weighted by Crippen LogP contribution is 2.28. The van der Waals surface area contributed by atoms with E-state index in [4.69, 9.17) is 0 Å². The lowest BCUT2D eigenvalue weighted by Gasteiger charge is -2.27. The Hall–Kier alpha value is -2.34. The first-order chi connectivity index (χ1) is 11.2. The lowest BCUT2D eigenvalue weighted by atomic mass is 9.99. The highest BCUT2D eigenvalue weighted by molar-refractivity contribution is 5.74. The van der Waals surface area contributed by atoms with Crippen molar-refractivity contribution in [3.63, 3.8) is 0 Å². The third-order valence-electron chi connectivity index (χ3n) is 4.34. The molecule has 1 fully saturated rings. The number of nitrogens with one attached hydrogen (secondary N) is 2. The third-order valence-corrected chi connectivity index (χ3v) is 4.34. The number of para-hydroxylation sites is 1. The molecule has 1 aliphatic carbocycles. The fraction of sp³-hybridized carbons (Fsp3) is 0.412. The predicted molar refractivity (Wildman–Crippen MR) is 87.2 cm³/mol. The average Bonchev–Trinajstić information content (AvgIpc) is 3.24. The Balaban J connectivity index is 1.54. The molecule has 0 aliphatic heterocycles. The maximum atomic E-state index is 12.0. The maximum Gasteiger partial charge on any atom is 0.315 e. The molecule has 0 saturated heterocycles. The number of amides is 2. The zero-order valence-corrected chi connectivity index (χ0v) is 13.0. The summed E-state index contributed by atoms with van der Waals surface area (Å²) in [6.45, 7) is 0.343. The Labute approximate surface area is 135 Å².